The molecule has 19 heavy (non-hydrogen) atoms. The van der Waals surface area contributed by atoms with Gasteiger partial charge < -0.3 is 10.2 Å². The lowest BCUT2D eigenvalue weighted by Crippen LogP contribution is -2.49. The van der Waals surface area contributed by atoms with E-state index in [0.717, 1.165) is 12.0 Å². The molecule has 2 aliphatic rings. The average Bonchev–Trinajstić information content (AvgIpc) is 2.38. The van der Waals surface area contributed by atoms with Gasteiger partial charge in [0.05, 0.1) is 0 Å². The van der Waals surface area contributed by atoms with Crippen molar-refractivity contribution in [3.8, 4) is 0 Å². The molecule has 0 radical (unpaired) electrons. The van der Waals surface area contributed by atoms with Crippen LogP contribution in [-0.4, -0.2) is 48.6 Å². The molecule has 0 spiro atoms. The van der Waals surface area contributed by atoms with Crippen LogP contribution in [0.25, 0.3) is 0 Å². The highest BCUT2D eigenvalue weighted by Crippen LogP contribution is 2.39. The van der Waals surface area contributed by atoms with Crippen LogP contribution in [0, 0.1) is 11.3 Å². The quantitative estimate of drug-likeness (QED) is 0.834. The normalized spacial score (nSPS) is 32.4. The van der Waals surface area contributed by atoms with E-state index in [1.807, 2.05) is 0 Å². The minimum atomic E-state index is 0.555. The Labute approximate surface area is 124 Å². The topological polar surface area (TPSA) is 15.3 Å². The number of nitrogens with one attached hydrogen (secondary N) is 1. The molecule has 0 aromatic heterocycles. The largest absolute Gasteiger partial charge is 0.314 e. The molecule has 0 bridgehead atoms. The predicted octanol–water partition coefficient (Wildman–Crippen LogP) is 3.23. The van der Waals surface area contributed by atoms with E-state index < -0.39 is 0 Å². The third-order valence-corrected chi connectivity index (χ3v) is 5.71. The summed E-state index contributed by atoms with van der Waals surface area (Å²) in [4.78, 5) is 2.71. The van der Waals surface area contributed by atoms with Gasteiger partial charge in [-0.05, 0) is 43.6 Å². The summed E-state index contributed by atoms with van der Waals surface area (Å²) in [5.41, 5.74) is 0.555. The third kappa shape index (κ3) is 4.95. The van der Waals surface area contributed by atoms with Crippen molar-refractivity contribution >= 4 is 11.8 Å². The first kappa shape index (κ1) is 15.7. The summed E-state index contributed by atoms with van der Waals surface area (Å²) in [7, 11) is 0. The first-order valence-corrected chi connectivity index (χ1v) is 9.30. The van der Waals surface area contributed by atoms with Gasteiger partial charge in [-0.15, -0.1) is 0 Å². The molecule has 0 amide bonds. The molecule has 112 valence electrons. The minimum absolute atomic E-state index is 0.555. The van der Waals surface area contributed by atoms with E-state index in [2.05, 4.69) is 42.7 Å². The summed E-state index contributed by atoms with van der Waals surface area (Å²) in [5, 5.41) is 3.82. The zero-order valence-electron chi connectivity index (χ0n) is 13.1. The van der Waals surface area contributed by atoms with Gasteiger partial charge in [-0.2, -0.15) is 11.8 Å². The van der Waals surface area contributed by atoms with E-state index in [9.17, 15) is 0 Å². The van der Waals surface area contributed by atoms with E-state index >= 15 is 0 Å². The Kier molecular flexibility index (Phi) is 6.04. The van der Waals surface area contributed by atoms with Crippen LogP contribution in [0.2, 0.25) is 0 Å². The Morgan fingerprint density at radius 3 is 2.68 bits per heavy atom. The molecule has 0 aromatic carbocycles. The number of rotatable bonds is 5. The number of nitrogens with zero attached hydrogens (tertiary/aromatic N) is 1. The fourth-order valence-electron chi connectivity index (χ4n) is 3.64. The van der Waals surface area contributed by atoms with Gasteiger partial charge in [-0.3, -0.25) is 0 Å². The van der Waals surface area contributed by atoms with E-state index in [4.69, 9.17) is 0 Å². The van der Waals surface area contributed by atoms with E-state index in [1.165, 1.54) is 63.4 Å². The van der Waals surface area contributed by atoms with Crippen molar-refractivity contribution in [3.05, 3.63) is 0 Å². The number of hydrogen-bond acceptors (Lipinski definition) is 3. The maximum Gasteiger partial charge on any atom is 0.0108 e. The molecule has 1 aliphatic carbocycles. The molecule has 0 aromatic rings. The molecule has 1 saturated carbocycles. The lowest BCUT2D eigenvalue weighted by Gasteiger charge is -2.43. The van der Waals surface area contributed by atoms with Crippen molar-refractivity contribution in [2.75, 3.05) is 37.7 Å². The maximum atomic E-state index is 3.82. The van der Waals surface area contributed by atoms with Crippen molar-refractivity contribution in [1.29, 1.82) is 0 Å². The summed E-state index contributed by atoms with van der Waals surface area (Å²) in [6, 6.07) is 0.766. The second kappa shape index (κ2) is 7.33. The second-order valence-corrected chi connectivity index (χ2v) is 8.37. The Balaban J connectivity index is 1.89. The molecule has 3 heteroatoms. The van der Waals surface area contributed by atoms with Gasteiger partial charge in [0.25, 0.3) is 0 Å². The van der Waals surface area contributed by atoms with Gasteiger partial charge >= 0.3 is 0 Å². The minimum Gasteiger partial charge on any atom is -0.314 e. The Morgan fingerprint density at radius 2 is 2.00 bits per heavy atom. The zero-order valence-corrected chi connectivity index (χ0v) is 13.9. The van der Waals surface area contributed by atoms with Crippen LogP contribution in [0.1, 0.15) is 46.5 Å². The summed E-state index contributed by atoms with van der Waals surface area (Å²) in [6.07, 6.45) is 5.42. The maximum absolute atomic E-state index is 3.82. The summed E-state index contributed by atoms with van der Waals surface area (Å²) >= 11 is 2.12. The summed E-state index contributed by atoms with van der Waals surface area (Å²) in [6.45, 7) is 12.3. The monoisotopic (exact) mass is 284 g/mol. The Bertz CT molecular complexity index is 261. The van der Waals surface area contributed by atoms with Gasteiger partial charge in [0, 0.05) is 37.2 Å². The molecule has 1 heterocycles. The number of hydrogen-bond donors (Lipinski definition) is 1. The molecule has 2 fully saturated rings. The highest BCUT2D eigenvalue weighted by atomic mass is 32.2. The van der Waals surface area contributed by atoms with E-state index in [0.29, 0.717) is 5.41 Å². The Morgan fingerprint density at radius 1 is 1.26 bits per heavy atom. The molecule has 1 aliphatic heterocycles. The summed E-state index contributed by atoms with van der Waals surface area (Å²) in [5.74, 6) is 3.53. The molecular formula is C16H32N2S. The molecule has 1 N–H and O–H groups in total. The summed E-state index contributed by atoms with van der Waals surface area (Å²) < 4.78 is 0. The van der Waals surface area contributed by atoms with Crippen molar-refractivity contribution in [2.45, 2.75) is 52.5 Å². The van der Waals surface area contributed by atoms with Gasteiger partial charge in [0.2, 0.25) is 0 Å². The Hall–Kier alpha value is 0.270. The van der Waals surface area contributed by atoms with Crippen molar-refractivity contribution in [3.63, 3.8) is 0 Å². The van der Waals surface area contributed by atoms with Crippen LogP contribution in [-0.2, 0) is 0 Å². The first-order chi connectivity index (χ1) is 9.11. The fourth-order valence-corrected chi connectivity index (χ4v) is 4.62. The number of thioether (sulfide) groups is 1. The van der Waals surface area contributed by atoms with Gasteiger partial charge in [0.1, 0.15) is 0 Å². The van der Waals surface area contributed by atoms with Gasteiger partial charge in [-0.1, -0.05) is 20.8 Å². The van der Waals surface area contributed by atoms with Crippen molar-refractivity contribution in [1.82, 2.24) is 10.2 Å². The molecule has 2 rings (SSSR count). The van der Waals surface area contributed by atoms with Gasteiger partial charge in [0.15, 0.2) is 0 Å². The fraction of sp³-hybridized carbons (Fsp3) is 1.00. The van der Waals surface area contributed by atoms with Crippen LogP contribution < -0.4 is 5.32 Å². The SMILES string of the molecule is CCCNC1CCC(C)(C)CC1CN1CCSCC1. The lowest BCUT2D eigenvalue weighted by molar-refractivity contribution is 0.103. The molecule has 2 atom stereocenters. The molecular weight excluding hydrogens is 252 g/mol. The van der Waals surface area contributed by atoms with Crippen molar-refractivity contribution < 1.29 is 0 Å². The average molecular weight is 285 g/mol. The zero-order chi connectivity index (χ0) is 13.7. The van der Waals surface area contributed by atoms with Crippen LogP contribution in [0.5, 0.6) is 0 Å². The van der Waals surface area contributed by atoms with Crippen LogP contribution >= 0.6 is 11.8 Å². The molecule has 2 nitrogen and oxygen atoms in total. The predicted molar refractivity (Wildman–Crippen MR) is 87.0 cm³/mol. The first-order valence-electron chi connectivity index (χ1n) is 8.14. The van der Waals surface area contributed by atoms with Crippen LogP contribution in [0.15, 0.2) is 0 Å². The van der Waals surface area contributed by atoms with Gasteiger partial charge in [-0.25, -0.2) is 0 Å². The third-order valence-electron chi connectivity index (χ3n) is 4.77. The van der Waals surface area contributed by atoms with Crippen molar-refractivity contribution in [2.24, 2.45) is 11.3 Å². The van der Waals surface area contributed by atoms with E-state index in [1.54, 1.807) is 0 Å². The molecule has 1 saturated heterocycles. The highest BCUT2D eigenvalue weighted by molar-refractivity contribution is 7.99. The molecule has 2 unspecified atom stereocenters. The van der Waals surface area contributed by atoms with Crippen LogP contribution in [0.3, 0.4) is 0 Å². The van der Waals surface area contributed by atoms with Crippen LogP contribution in [0.4, 0.5) is 0 Å². The second-order valence-electron chi connectivity index (χ2n) is 7.14. The highest BCUT2D eigenvalue weighted by Gasteiger charge is 2.35. The smallest absolute Gasteiger partial charge is 0.0108 e. The van der Waals surface area contributed by atoms with E-state index in [-0.39, 0.29) is 0 Å². The lowest BCUT2D eigenvalue weighted by atomic mass is 9.69. The standard InChI is InChI=1S/C16H32N2S/c1-4-7-17-15-5-6-16(2,3)12-14(15)13-18-8-10-19-11-9-18/h14-15,17H,4-13H2,1-3H3.